The van der Waals surface area contributed by atoms with Crippen LogP contribution in [-0.4, -0.2) is 55.9 Å². The molecule has 5 nitrogen and oxygen atoms in total. The summed E-state index contributed by atoms with van der Waals surface area (Å²) < 4.78 is 23.0. The lowest BCUT2D eigenvalue weighted by Crippen LogP contribution is -2.48. The predicted molar refractivity (Wildman–Crippen MR) is 70.0 cm³/mol. The minimum absolute atomic E-state index is 0.0847. The van der Waals surface area contributed by atoms with Gasteiger partial charge in [0.1, 0.15) is 0 Å². The van der Waals surface area contributed by atoms with Gasteiger partial charge in [-0.25, -0.2) is 8.42 Å². The molecule has 2 fully saturated rings. The van der Waals surface area contributed by atoms with E-state index in [1.807, 2.05) is 4.90 Å². The smallest absolute Gasteiger partial charge is 0.224 e. The van der Waals surface area contributed by atoms with Gasteiger partial charge in [-0.2, -0.15) is 0 Å². The van der Waals surface area contributed by atoms with E-state index in [1.54, 1.807) is 0 Å². The molecule has 0 aromatic carbocycles. The number of carbonyl (C=O) groups is 1. The molecular formula is C12H22N2O3S. The average molecular weight is 274 g/mol. The molecule has 3 unspecified atom stereocenters. The number of nitrogens with one attached hydrogen (secondary N) is 1. The van der Waals surface area contributed by atoms with Crippen LogP contribution in [0, 0.1) is 5.92 Å². The van der Waals surface area contributed by atoms with Crippen LogP contribution in [0.3, 0.4) is 0 Å². The van der Waals surface area contributed by atoms with Crippen LogP contribution < -0.4 is 5.32 Å². The summed E-state index contributed by atoms with van der Waals surface area (Å²) >= 11 is 0. The van der Waals surface area contributed by atoms with Crippen LogP contribution >= 0.6 is 0 Å². The third kappa shape index (κ3) is 3.23. The first-order valence-electron chi connectivity index (χ1n) is 6.60. The summed E-state index contributed by atoms with van der Waals surface area (Å²) in [7, 11) is -2.96. The Labute approximate surface area is 109 Å². The first kappa shape index (κ1) is 13.8. The van der Waals surface area contributed by atoms with E-state index < -0.39 is 9.84 Å². The van der Waals surface area contributed by atoms with Gasteiger partial charge in [0.2, 0.25) is 5.91 Å². The van der Waals surface area contributed by atoms with Crippen molar-refractivity contribution < 1.29 is 13.2 Å². The van der Waals surface area contributed by atoms with Crippen LogP contribution in [-0.2, 0) is 14.6 Å². The van der Waals surface area contributed by atoms with Gasteiger partial charge in [-0.15, -0.1) is 0 Å². The fraction of sp³-hybridized carbons (Fsp3) is 0.917. The highest BCUT2D eigenvalue weighted by Gasteiger charge is 2.33. The summed E-state index contributed by atoms with van der Waals surface area (Å²) in [5.74, 6) is 0.916. The molecular weight excluding hydrogens is 252 g/mol. The first-order valence-corrected chi connectivity index (χ1v) is 8.43. The fourth-order valence-corrected chi connectivity index (χ4v) is 4.42. The van der Waals surface area contributed by atoms with Crippen LogP contribution in [0.1, 0.15) is 26.7 Å². The van der Waals surface area contributed by atoms with Gasteiger partial charge in [-0.3, -0.25) is 4.79 Å². The number of carbonyl (C=O) groups excluding carboxylic acids is 1. The molecule has 104 valence electrons. The zero-order valence-corrected chi connectivity index (χ0v) is 11.9. The summed E-state index contributed by atoms with van der Waals surface area (Å²) in [6, 6.07) is 0.0760. The lowest BCUT2D eigenvalue weighted by Gasteiger charge is -2.27. The lowest BCUT2D eigenvalue weighted by atomic mass is 10.1. The highest BCUT2D eigenvalue weighted by Crippen LogP contribution is 2.23. The van der Waals surface area contributed by atoms with E-state index in [2.05, 4.69) is 19.2 Å². The second-order valence-corrected chi connectivity index (χ2v) is 7.93. The second kappa shape index (κ2) is 5.17. The van der Waals surface area contributed by atoms with Crippen LogP contribution in [0.5, 0.6) is 0 Å². The fourth-order valence-electron chi connectivity index (χ4n) is 2.97. The highest BCUT2D eigenvalue weighted by molar-refractivity contribution is 7.91. The van der Waals surface area contributed by atoms with Crippen molar-refractivity contribution in [2.45, 2.75) is 38.8 Å². The zero-order chi connectivity index (χ0) is 13.3. The van der Waals surface area contributed by atoms with Crippen LogP contribution in [0.25, 0.3) is 0 Å². The maximum atomic E-state index is 12.2. The Balaban J connectivity index is 1.91. The third-order valence-electron chi connectivity index (χ3n) is 3.83. The van der Waals surface area contributed by atoms with Gasteiger partial charge in [0, 0.05) is 31.6 Å². The van der Waals surface area contributed by atoms with Crippen LogP contribution in [0.15, 0.2) is 0 Å². The maximum Gasteiger partial charge on any atom is 0.224 e. The minimum atomic E-state index is -2.96. The molecule has 0 saturated carbocycles. The Bertz CT molecular complexity index is 421. The SMILES string of the molecule is CC1CC(C)N(C(=O)CC2CS(=O)(=O)CCN2)C1. The average Bonchev–Trinajstić information content (AvgIpc) is 2.56. The topological polar surface area (TPSA) is 66.5 Å². The van der Waals surface area contributed by atoms with Gasteiger partial charge in [0.15, 0.2) is 9.84 Å². The van der Waals surface area contributed by atoms with Crippen LogP contribution in [0.4, 0.5) is 0 Å². The van der Waals surface area contributed by atoms with E-state index >= 15 is 0 Å². The van der Waals surface area contributed by atoms with Gasteiger partial charge in [0.25, 0.3) is 0 Å². The number of nitrogens with zero attached hydrogens (tertiary/aromatic N) is 1. The molecule has 2 saturated heterocycles. The number of hydrogen-bond donors (Lipinski definition) is 1. The van der Waals surface area contributed by atoms with Crippen molar-refractivity contribution in [2.24, 2.45) is 5.92 Å². The van der Waals surface area contributed by atoms with E-state index in [0.717, 1.165) is 13.0 Å². The van der Waals surface area contributed by atoms with Crippen molar-refractivity contribution in [3.63, 3.8) is 0 Å². The molecule has 6 heteroatoms. The molecule has 0 spiro atoms. The van der Waals surface area contributed by atoms with E-state index in [4.69, 9.17) is 0 Å². The van der Waals surface area contributed by atoms with Gasteiger partial charge in [-0.05, 0) is 19.3 Å². The Morgan fingerprint density at radius 3 is 2.67 bits per heavy atom. The number of hydrogen-bond acceptors (Lipinski definition) is 4. The molecule has 18 heavy (non-hydrogen) atoms. The maximum absolute atomic E-state index is 12.2. The first-order chi connectivity index (χ1) is 8.37. The van der Waals surface area contributed by atoms with Crippen molar-refractivity contribution in [1.29, 1.82) is 0 Å². The van der Waals surface area contributed by atoms with E-state index in [1.165, 1.54) is 0 Å². The van der Waals surface area contributed by atoms with Crippen LogP contribution in [0.2, 0.25) is 0 Å². The van der Waals surface area contributed by atoms with Gasteiger partial charge >= 0.3 is 0 Å². The van der Waals surface area contributed by atoms with E-state index in [0.29, 0.717) is 18.9 Å². The van der Waals surface area contributed by atoms with E-state index in [-0.39, 0.29) is 29.5 Å². The largest absolute Gasteiger partial charge is 0.340 e. The monoisotopic (exact) mass is 274 g/mol. The molecule has 2 rings (SSSR count). The molecule has 0 aromatic rings. The third-order valence-corrected chi connectivity index (χ3v) is 5.56. The lowest BCUT2D eigenvalue weighted by molar-refractivity contribution is -0.132. The molecule has 1 N–H and O–H groups in total. The second-order valence-electron chi connectivity index (χ2n) is 5.71. The molecule has 2 aliphatic rings. The number of rotatable bonds is 2. The van der Waals surface area contributed by atoms with E-state index in [9.17, 15) is 13.2 Å². The number of likely N-dealkylation sites (tertiary alicyclic amines) is 1. The van der Waals surface area contributed by atoms with Gasteiger partial charge < -0.3 is 10.2 Å². The van der Waals surface area contributed by atoms with Crippen molar-refractivity contribution in [1.82, 2.24) is 10.2 Å². The quantitative estimate of drug-likeness (QED) is 0.771. The molecule has 0 aromatic heterocycles. The van der Waals surface area contributed by atoms with Gasteiger partial charge in [0.05, 0.1) is 11.5 Å². The summed E-state index contributed by atoms with van der Waals surface area (Å²) in [6.07, 6.45) is 1.35. The zero-order valence-electron chi connectivity index (χ0n) is 11.1. The Morgan fingerprint density at radius 2 is 2.11 bits per heavy atom. The summed E-state index contributed by atoms with van der Waals surface area (Å²) in [4.78, 5) is 14.1. The van der Waals surface area contributed by atoms with Crippen molar-refractivity contribution in [3.8, 4) is 0 Å². The Kier molecular flexibility index (Phi) is 3.96. The number of amides is 1. The molecule has 3 atom stereocenters. The number of sulfone groups is 1. The predicted octanol–water partition coefficient (Wildman–Crippen LogP) is 0.0200. The summed E-state index contributed by atoms with van der Waals surface area (Å²) in [6.45, 7) is 5.48. The normalized spacial score (nSPS) is 35.7. The van der Waals surface area contributed by atoms with Crippen molar-refractivity contribution in [3.05, 3.63) is 0 Å². The Hall–Kier alpha value is -0.620. The van der Waals surface area contributed by atoms with Crippen molar-refractivity contribution >= 4 is 15.7 Å². The van der Waals surface area contributed by atoms with Gasteiger partial charge in [-0.1, -0.05) is 6.92 Å². The molecule has 2 heterocycles. The Morgan fingerprint density at radius 1 is 1.39 bits per heavy atom. The standard InChI is InChI=1S/C12H22N2O3S/c1-9-5-10(2)14(7-9)12(15)6-11-8-18(16,17)4-3-13-11/h9-11,13H,3-8H2,1-2H3. The molecule has 2 aliphatic heterocycles. The van der Waals surface area contributed by atoms with Crippen molar-refractivity contribution in [2.75, 3.05) is 24.6 Å². The minimum Gasteiger partial charge on any atom is -0.340 e. The molecule has 1 amide bonds. The molecule has 0 bridgehead atoms. The highest BCUT2D eigenvalue weighted by atomic mass is 32.2. The molecule has 0 radical (unpaired) electrons. The summed E-state index contributed by atoms with van der Waals surface area (Å²) in [5.41, 5.74) is 0. The molecule has 0 aliphatic carbocycles. The summed E-state index contributed by atoms with van der Waals surface area (Å²) in [5, 5.41) is 3.13.